The van der Waals surface area contributed by atoms with Crippen molar-refractivity contribution in [2.75, 3.05) is 13.2 Å². The van der Waals surface area contributed by atoms with Gasteiger partial charge in [0, 0.05) is 5.41 Å². The summed E-state index contributed by atoms with van der Waals surface area (Å²) in [6, 6.07) is 0. The second-order valence-corrected chi connectivity index (χ2v) is 3.65. The molecule has 0 aromatic rings. The van der Waals surface area contributed by atoms with Crippen LogP contribution >= 0.6 is 0 Å². The van der Waals surface area contributed by atoms with Crippen LogP contribution in [0, 0.1) is 11.3 Å². The van der Waals surface area contributed by atoms with Gasteiger partial charge in [0.1, 0.15) is 0 Å². The van der Waals surface area contributed by atoms with Crippen molar-refractivity contribution >= 4 is 0 Å². The molecule has 2 aliphatic rings. The van der Waals surface area contributed by atoms with Gasteiger partial charge < -0.3 is 4.74 Å². The number of hydrogen-bond acceptors (Lipinski definition) is 1. The summed E-state index contributed by atoms with van der Waals surface area (Å²) in [5.74, 6) is 0.936. The first kappa shape index (κ1) is 9.05. The van der Waals surface area contributed by atoms with E-state index < -0.39 is 0 Å². The summed E-state index contributed by atoms with van der Waals surface area (Å²) in [7, 11) is 0. The third-order valence-electron chi connectivity index (χ3n) is 3.14. The fourth-order valence-electron chi connectivity index (χ4n) is 2.11. The lowest BCUT2D eigenvalue weighted by Crippen LogP contribution is -2.44. The summed E-state index contributed by atoms with van der Waals surface area (Å²) >= 11 is 0. The molecule has 1 heteroatoms. The Balaban J connectivity index is 0.000000281. The molecule has 1 aliphatic carbocycles. The van der Waals surface area contributed by atoms with Gasteiger partial charge in [-0.2, -0.15) is 0 Å². The molecule has 11 heavy (non-hydrogen) atoms. The average Bonchev–Trinajstić information content (AvgIpc) is 2.34. The Labute approximate surface area is 70.1 Å². The lowest BCUT2D eigenvalue weighted by molar-refractivity contribution is -0.130. The molecule has 1 nitrogen and oxygen atoms in total. The van der Waals surface area contributed by atoms with Gasteiger partial charge in [0.25, 0.3) is 0 Å². The van der Waals surface area contributed by atoms with Gasteiger partial charge in [-0.25, -0.2) is 0 Å². The quantitative estimate of drug-likeness (QED) is 0.524. The SMILES string of the molecule is CC.CC1CCCC12COC2. The van der Waals surface area contributed by atoms with Crippen LogP contribution in [-0.2, 0) is 4.74 Å². The molecule has 0 N–H and O–H groups in total. The van der Waals surface area contributed by atoms with Crippen LogP contribution in [0.5, 0.6) is 0 Å². The molecule has 1 atom stereocenters. The van der Waals surface area contributed by atoms with Crippen LogP contribution in [0.4, 0.5) is 0 Å². The molecule has 1 saturated carbocycles. The van der Waals surface area contributed by atoms with Crippen molar-refractivity contribution in [3.8, 4) is 0 Å². The second kappa shape index (κ2) is 3.57. The molecule has 0 aromatic heterocycles. The van der Waals surface area contributed by atoms with E-state index in [2.05, 4.69) is 6.92 Å². The molecule has 1 heterocycles. The first-order chi connectivity index (χ1) is 5.33. The molecule has 0 bridgehead atoms. The van der Waals surface area contributed by atoms with E-state index in [9.17, 15) is 0 Å². The predicted octanol–water partition coefficient (Wildman–Crippen LogP) is 2.85. The Hall–Kier alpha value is -0.0400. The standard InChI is InChI=1S/C8H14O.C2H6/c1-7-3-2-4-8(7)5-9-6-8;1-2/h7H,2-6H2,1H3;1-2H3. The summed E-state index contributed by atoms with van der Waals surface area (Å²) < 4.78 is 5.23. The van der Waals surface area contributed by atoms with Crippen molar-refractivity contribution in [3.63, 3.8) is 0 Å². The first-order valence-electron chi connectivity index (χ1n) is 4.91. The van der Waals surface area contributed by atoms with Crippen LogP contribution in [-0.4, -0.2) is 13.2 Å². The van der Waals surface area contributed by atoms with Crippen LogP contribution in [0.1, 0.15) is 40.0 Å². The van der Waals surface area contributed by atoms with Crippen molar-refractivity contribution in [3.05, 3.63) is 0 Å². The summed E-state index contributed by atoms with van der Waals surface area (Å²) in [6.07, 6.45) is 4.29. The maximum absolute atomic E-state index is 5.23. The molecular weight excluding hydrogens is 136 g/mol. The average molecular weight is 156 g/mol. The smallest absolute Gasteiger partial charge is 0.0547 e. The van der Waals surface area contributed by atoms with Gasteiger partial charge in [-0.3, -0.25) is 0 Å². The Bertz CT molecular complexity index is 116. The lowest BCUT2D eigenvalue weighted by atomic mass is 9.77. The molecule has 1 saturated heterocycles. The van der Waals surface area contributed by atoms with Crippen molar-refractivity contribution in [1.29, 1.82) is 0 Å². The van der Waals surface area contributed by atoms with Gasteiger partial charge in [0.15, 0.2) is 0 Å². The van der Waals surface area contributed by atoms with Crippen molar-refractivity contribution < 1.29 is 4.74 Å². The minimum atomic E-state index is 0.653. The molecule has 2 rings (SSSR count). The molecular formula is C10H20O. The van der Waals surface area contributed by atoms with Gasteiger partial charge in [-0.15, -0.1) is 0 Å². The Kier molecular flexibility index (Phi) is 2.94. The molecule has 2 fully saturated rings. The zero-order chi connectivity index (χ0) is 8.32. The molecule has 1 aliphatic heterocycles. The zero-order valence-electron chi connectivity index (χ0n) is 8.02. The van der Waals surface area contributed by atoms with Crippen molar-refractivity contribution in [2.45, 2.75) is 40.0 Å². The molecule has 0 amide bonds. The van der Waals surface area contributed by atoms with Gasteiger partial charge in [-0.1, -0.05) is 27.2 Å². The predicted molar refractivity (Wildman–Crippen MR) is 47.6 cm³/mol. The Morgan fingerprint density at radius 1 is 1.27 bits per heavy atom. The molecule has 0 aromatic carbocycles. The molecule has 0 radical (unpaired) electrons. The topological polar surface area (TPSA) is 9.23 Å². The van der Waals surface area contributed by atoms with Crippen LogP contribution in [0.3, 0.4) is 0 Å². The maximum atomic E-state index is 5.23. The zero-order valence-corrected chi connectivity index (χ0v) is 8.02. The highest BCUT2D eigenvalue weighted by atomic mass is 16.5. The van der Waals surface area contributed by atoms with E-state index in [0.29, 0.717) is 5.41 Å². The van der Waals surface area contributed by atoms with Crippen molar-refractivity contribution in [1.82, 2.24) is 0 Å². The van der Waals surface area contributed by atoms with E-state index in [-0.39, 0.29) is 0 Å². The van der Waals surface area contributed by atoms with E-state index in [4.69, 9.17) is 4.74 Å². The minimum Gasteiger partial charge on any atom is -0.380 e. The molecule has 66 valence electrons. The lowest BCUT2D eigenvalue weighted by Gasteiger charge is -2.41. The maximum Gasteiger partial charge on any atom is 0.0547 e. The van der Waals surface area contributed by atoms with Gasteiger partial charge in [0.2, 0.25) is 0 Å². The van der Waals surface area contributed by atoms with E-state index in [1.165, 1.54) is 19.3 Å². The summed E-state index contributed by atoms with van der Waals surface area (Å²) in [5.41, 5.74) is 0.653. The van der Waals surface area contributed by atoms with Gasteiger partial charge >= 0.3 is 0 Å². The molecule has 1 spiro atoms. The first-order valence-corrected chi connectivity index (χ1v) is 4.91. The summed E-state index contributed by atoms with van der Waals surface area (Å²) in [5, 5.41) is 0. The monoisotopic (exact) mass is 156 g/mol. The summed E-state index contributed by atoms with van der Waals surface area (Å²) in [6.45, 7) is 8.47. The van der Waals surface area contributed by atoms with Crippen LogP contribution < -0.4 is 0 Å². The van der Waals surface area contributed by atoms with E-state index in [0.717, 1.165) is 19.1 Å². The van der Waals surface area contributed by atoms with E-state index >= 15 is 0 Å². The minimum absolute atomic E-state index is 0.653. The van der Waals surface area contributed by atoms with E-state index in [1.807, 2.05) is 13.8 Å². The molecule has 1 unspecified atom stereocenters. The number of hydrogen-bond donors (Lipinski definition) is 0. The highest BCUT2D eigenvalue weighted by molar-refractivity contribution is 4.94. The number of ether oxygens (including phenoxy) is 1. The third-order valence-corrected chi connectivity index (χ3v) is 3.14. The third kappa shape index (κ3) is 1.44. The second-order valence-electron chi connectivity index (χ2n) is 3.65. The fourth-order valence-corrected chi connectivity index (χ4v) is 2.11. The largest absolute Gasteiger partial charge is 0.380 e. The Morgan fingerprint density at radius 3 is 2.09 bits per heavy atom. The van der Waals surface area contributed by atoms with Crippen molar-refractivity contribution in [2.24, 2.45) is 11.3 Å². The van der Waals surface area contributed by atoms with Crippen LogP contribution in [0.2, 0.25) is 0 Å². The van der Waals surface area contributed by atoms with Crippen LogP contribution in [0.15, 0.2) is 0 Å². The van der Waals surface area contributed by atoms with Gasteiger partial charge in [0.05, 0.1) is 13.2 Å². The van der Waals surface area contributed by atoms with E-state index in [1.54, 1.807) is 0 Å². The Morgan fingerprint density at radius 2 is 1.91 bits per heavy atom. The highest BCUT2D eigenvalue weighted by Crippen LogP contribution is 2.48. The summed E-state index contributed by atoms with van der Waals surface area (Å²) in [4.78, 5) is 0. The number of rotatable bonds is 0. The normalized spacial score (nSPS) is 32.5. The van der Waals surface area contributed by atoms with Gasteiger partial charge in [-0.05, 0) is 18.8 Å². The fraction of sp³-hybridized carbons (Fsp3) is 1.00. The van der Waals surface area contributed by atoms with Crippen LogP contribution in [0.25, 0.3) is 0 Å². The highest BCUT2D eigenvalue weighted by Gasteiger charge is 2.46.